The molecule has 0 radical (unpaired) electrons. The molecule has 4 rings (SSSR count). The maximum atomic E-state index is 12.1. The second-order valence-corrected chi connectivity index (χ2v) is 6.38. The molecule has 0 heterocycles. The predicted molar refractivity (Wildman–Crippen MR) is 106 cm³/mol. The van der Waals surface area contributed by atoms with Crippen LogP contribution in [0.4, 0.5) is 0 Å². The Morgan fingerprint density at radius 2 is 1.07 bits per heavy atom. The van der Waals surface area contributed by atoms with Crippen LogP contribution in [0.25, 0.3) is 0 Å². The summed E-state index contributed by atoms with van der Waals surface area (Å²) in [7, 11) is 0. The van der Waals surface area contributed by atoms with Gasteiger partial charge in [0, 0.05) is 22.3 Å². The molecule has 1 aliphatic rings. The van der Waals surface area contributed by atoms with Gasteiger partial charge in [-0.05, 0) is 12.0 Å². The zero-order valence-corrected chi connectivity index (χ0v) is 15.0. The van der Waals surface area contributed by atoms with Crippen LogP contribution in [0.15, 0.2) is 78.9 Å². The van der Waals surface area contributed by atoms with Crippen LogP contribution in [0, 0.1) is 0 Å². The van der Waals surface area contributed by atoms with E-state index in [1.54, 1.807) is 48.5 Å². The van der Waals surface area contributed by atoms with Gasteiger partial charge in [-0.25, -0.2) is 0 Å². The molecule has 0 amide bonds. The fourth-order valence-corrected chi connectivity index (χ4v) is 3.00. The summed E-state index contributed by atoms with van der Waals surface area (Å²) in [6.45, 7) is 0. The highest BCUT2D eigenvalue weighted by molar-refractivity contribution is 6.28. The van der Waals surface area contributed by atoms with Crippen LogP contribution in [-0.2, 0) is 11.2 Å². The van der Waals surface area contributed by atoms with Crippen LogP contribution in [0.3, 0.4) is 0 Å². The van der Waals surface area contributed by atoms with E-state index in [0.29, 0.717) is 28.7 Å². The smallest absolute Gasteiger partial charge is 0.320 e. The summed E-state index contributed by atoms with van der Waals surface area (Å²) in [5.41, 5.74) is 8.32. The van der Waals surface area contributed by atoms with Gasteiger partial charge < -0.3 is 10.8 Å². The molecule has 5 nitrogen and oxygen atoms in total. The zero-order valence-electron chi connectivity index (χ0n) is 15.0. The number of carboxylic acids is 1. The number of hydrogen-bond acceptors (Lipinski definition) is 4. The minimum atomic E-state index is -0.959. The Hall–Kier alpha value is -3.57. The molecule has 0 aliphatic heterocycles. The monoisotopic (exact) mass is 373 g/mol. The average Bonchev–Trinajstić information content (AvgIpc) is 2.73. The van der Waals surface area contributed by atoms with Crippen molar-refractivity contribution in [2.75, 3.05) is 0 Å². The van der Waals surface area contributed by atoms with E-state index in [4.69, 9.17) is 10.8 Å². The molecule has 3 aromatic carbocycles. The van der Waals surface area contributed by atoms with Crippen LogP contribution in [0.1, 0.15) is 37.4 Å². The van der Waals surface area contributed by atoms with E-state index in [2.05, 4.69) is 0 Å². The van der Waals surface area contributed by atoms with Crippen molar-refractivity contribution in [2.45, 2.75) is 12.5 Å². The largest absolute Gasteiger partial charge is 0.480 e. The first kappa shape index (κ1) is 19.2. The first-order chi connectivity index (χ1) is 13.5. The molecule has 3 aromatic rings. The van der Waals surface area contributed by atoms with Crippen molar-refractivity contribution >= 4 is 17.5 Å². The van der Waals surface area contributed by atoms with Gasteiger partial charge in [0.1, 0.15) is 6.04 Å². The molecule has 0 spiro atoms. The Morgan fingerprint density at radius 3 is 1.43 bits per heavy atom. The summed E-state index contributed by atoms with van der Waals surface area (Å²) < 4.78 is 0. The molecule has 5 heteroatoms. The Labute approximate surface area is 162 Å². The topological polar surface area (TPSA) is 97.5 Å². The van der Waals surface area contributed by atoms with Crippen LogP contribution in [0.2, 0.25) is 0 Å². The van der Waals surface area contributed by atoms with Gasteiger partial charge >= 0.3 is 5.97 Å². The lowest BCUT2D eigenvalue weighted by molar-refractivity contribution is -0.138. The van der Waals surface area contributed by atoms with Gasteiger partial charge in [-0.15, -0.1) is 0 Å². The van der Waals surface area contributed by atoms with Crippen LogP contribution in [0.5, 0.6) is 0 Å². The summed E-state index contributed by atoms with van der Waals surface area (Å²) in [6, 6.07) is 22.4. The molecule has 1 aliphatic carbocycles. The zero-order chi connectivity index (χ0) is 20.1. The normalized spacial score (nSPS) is 12.9. The van der Waals surface area contributed by atoms with Crippen LogP contribution >= 0.6 is 0 Å². The predicted octanol–water partition coefficient (Wildman–Crippen LogP) is 3.10. The SMILES string of the molecule is NC(Cc1ccccc1)C(=O)O.O=C1c2ccccc2C(=O)c2ccccc21. The van der Waals surface area contributed by atoms with Crippen molar-refractivity contribution in [3.8, 4) is 0 Å². The number of carbonyl (C=O) groups is 3. The highest BCUT2D eigenvalue weighted by atomic mass is 16.4. The molecule has 3 N–H and O–H groups in total. The standard InChI is InChI=1S/C14H8O2.C9H11NO2/c15-13-9-5-1-2-6-10(9)14(16)12-8-4-3-7-11(12)13;10-8(9(11)12)6-7-4-2-1-3-5-7/h1-8H;1-5,8H,6,10H2,(H,11,12). The maximum absolute atomic E-state index is 12.1. The van der Waals surface area contributed by atoms with Crippen molar-refractivity contribution in [1.82, 2.24) is 0 Å². The lowest BCUT2D eigenvalue weighted by atomic mass is 9.84. The van der Waals surface area contributed by atoms with Crippen molar-refractivity contribution < 1.29 is 19.5 Å². The second-order valence-electron chi connectivity index (χ2n) is 6.38. The molecule has 140 valence electrons. The van der Waals surface area contributed by atoms with E-state index in [1.165, 1.54) is 0 Å². The number of rotatable bonds is 3. The molecule has 0 saturated heterocycles. The lowest BCUT2D eigenvalue weighted by Gasteiger charge is -2.16. The number of hydrogen-bond donors (Lipinski definition) is 2. The van der Waals surface area contributed by atoms with Gasteiger partial charge in [-0.1, -0.05) is 78.9 Å². The minimum Gasteiger partial charge on any atom is -0.480 e. The van der Waals surface area contributed by atoms with Crippen molar-refractivity contribution in [2.24, 2.45) is 5.73 Å². The van der Waals surface area contributed by atoms with E-state index in [0.717, 1.165) is 5.56 Å². The van der Waals surface area contributed by atoms with Crippen LogP contribution in [-0.4, -0.2) is 28.7 Å². The summed E-state index contributed by atoms with van der Waals surface area (Å²) >= 11 is 0. The average molecular weight is 373 g/mol. The van der Waals surface area contributed by atoms with Crippen molar-refractivity contribution in [3.63, 3.8) is 0 Å². The third-order valence-corrected chi connectivity index (χ3v) is 4.45. The molecule has 1 unspecified atom stereocenters. The second kappa shape index (κ2) is 8.41. The highest BCUT2D eigenvalue weighted by Gasteiger charge is 2.28. The Kier molecular flexibility index (Phi) is 5.77. The quantitative estimate of drug-likeness (QED) is 0.575. The van der Waals surface area contributed by atoms with E-state index >= 15 is 0 Å². The summed E-state index contributed by atoms with van der Waals surface area (Å²) in [4.78, 5) is 34.6. The number of benzene rings is 3. The Balaban J connectivity index is 0.000000169. The fraction of sp³-hybridized carbons (Fsp3) is 0.0870. The van der Waals surface area contributed by atoms with E-state index < -0.39 is 12.0 Å². The maximum Gasteiger partial charge on any atom is 0.320 e. The number of nitrogens with two attached hydrogens (primary N) is 1. The highest BCUT2D eigenvalue weighted by Crippen LogP contribution is 2.26. The number of ketones is 2. The molecular weight excluding hydrogens is 354 g/mol. The molecular formula is C23H19NO4. The van der Waals surface area contributed by atoms with Crippen molar-refractivity contribution in [3.05, 3.63) is 107 Å². The molecule has 0 saturated carbocycles. The minimum absolute atomic E-state index is 0.0641. The summed E-state index contributed by atoms with van der Waals surface area (Å²) in [5, 5.41) is 8.52. The molecule has 0 bridgehead atoms. The fourth-order valence-electron chi connectivity index (χ4n) is 3.00. The van der Waals surface area contributed by atoms with Gasteiger partial charge in [0.05, 0.1) is 0 Å². The Morgan fingerprint density at radius 1 is 0.714 bits per heavy atom. The van der Waals surface area contributed by atoms with E-state index in [1.807, 2.05) is 30.3 Å². The lowest BCUT2D eigenvalue weighted by Crippen LogP contribution is -2.32. The van der Waals surface area contributed by atoms with Gasteiger partial charge in [-0.2, -0.15) is 0 Å². The molecule has 0 aromatic heterocycles. The first-order valence-corrected chi connectivity index (χ1v) is 8.79. The van der Waals surface area contributed by atoms with Crippen molar-refractivity contribution in [1.29, 1.82) is 0 Å². The number of carbonyl (C=O) groups excluding carboxylic acids is 2. The number of fused-ring (bicyclic) bond motifs is 2. The molecule has 28 heavy (non-hydrogen) atoms. The van der Waals surface area contributed by atoms with Gasteiger partial charge in [0.15, 0.2) is 11.6 Å². The molecule has 1 atom stereocenters. The van der Waals surface area contributed by atoms with Gasteiger partial charge in [0.2, 0.25) is 0 Å². The van der Waals surface area contributed by atoms with Gasteiger partial charge in [-0.3, -0.25) is 14.4 Å². The number of aliphatic carboxylic acids is 1. The first-order valence-electron chi connectivity index (χ1n) is 8.79. The summed E-state index contributed by atoms with van der Waals surface area (Å²) in [5.74, 6) is -1.09. The van der Waals surface area contributed by atoms with E-state index in [-0.39, 0.29) is 11.6 Å². The number of carboxylic acid groups (broad SMARTS) is 1. The third kappa shape index (κ3) is 4.05. The van der Waals surface area contributed by atoms with Crippen LogP contribution < -0.4 is 5.73 Å². The molecule has 0 fully saturated rings. The summed E-state index contributed by atoms with van der Waals surface area (Å²) in [6.07, 6.45) is 0.385. The Bertz CT molecular complexity index is 922. The van der Waals surface area contributed by atoms with E-state index in [9.17, 15) is 14.4 Å². The van der Waals surface area contributed by atoms with Gasteiger partial charge in [0.25, 0.3) is 0 Å². The third-order valence-electron chi connectivity index (χ3n) is 4.45.